The van der Waals surface area contributed by atoms with Crippen molar-refractivity contribution in [1.29, 1.82) is 0 Å². The third-order valence-electron chi connectivity index (χ3n) is 0.188. The Bertz CT molecular complexity index is 151. The third kappa shape index (κ3) is 6.06. The molecule has 0 N–H and O–H groups in total. The van der Waals surface area contributed by atoms with Gasteiger partial charge < -0.3 is 0 Å². The summed E-state index contributed by atoms with van der Waals surface area (Å²) < 4.78 is 43.5. The molecule has 0 spiro atoms. The molecular formula is CHClF2O3S. The highest BCUT2D eigenvalue weighted by Crippen LogP contribution is 2.05. The van der Waals surface area contributed by atoms with E-state index in [9.17, 15) is 17.2 Å². The van der Waals surface area contributed by atoms with Crippen LogP contribution < -0.4 is 0 Å². The van der Waals surface area contributed by atoms with Crippen molar-refractivity contribution in [2.24, 2.45) is 0 Å². The molecule has 0 saturated carbocycles. The SMILES string of the molecule is O=S(=O)(Cl)OC(F)F. The van der Waals surface area contributed by atoms with Crippen molar-refractivity contribution in [2.75, 3.05) is 0 Å². The first-order chi connectivity index (χ1) is 3.42. The van der Waals surface area contributed by atoms with E-state index >= 15 is 0 Å². The first-order valence-electron chi connectivity index (χ1n) is 1.33. The Morgan fingerprint density at radius 3 is 1.88 bits per heavy atom. The van der Waals surface area contributed by atoms with Crippen LogP contribution in [0, 0.1) is 0 Å². The van der Waals surface area contributed by atoms with Crippen LogP contribution in [0.4, 0.5) is 8.78 Å². The molecule has 0 rings (SSSR count). The molecule has 0 unspecified atom stereocenters. The molecule has 3 nitrogen and oxygen atoms in total. The Balaban J connectivity index is 3.75. The molecule has 0 aliphatic heterocycles. The van der Waals surface area contributed by atoms with E-state index < -0.39 is 15.9 Å². The van der Waals surface area contributed by atoms with Crippen LogP contribution in [0.3, 0.4) is 0 Å². The van der Waals surface area contributed by atoms with E-state index in [1.54, 1.807) is 0 Å². The van der Waals surface area contributed by atoms with Gasteiger partial charge in [0.1, 0.15) is 0 Å². The lowest BCUT2D eigenvalue weighted by Gasteiger charge is -1.92. The fourth-order valence-corrected chi connectivity index (χ4v) is 0.426. The van der Waals surface area contributed by atoms with Gasteiger partial charge in [-0.1, -0.05) is 0 Å². The summed E-state index contributed by atoms with van der Waals surface area (Å²) in [5, 5.41) is 0. The predicted octanol–water partition coefficient (Wildman–Crippen LogP) is 0.709. The van der Waals surface area contributed by atoms with Crippen molar-refractivity contribution in [3.8, 4) is 0 Å². The minimum Gasteiger partial charge on any atom is -0.191 e. The summed E-state index contributed by atoms with van der Waals surface area (Å²) in [5.41, 5.74) is 0. The zero-order valence-corrected chi connectivity index (χ0v) is 4.92. The van der Waals surface area contributed by atoms with Crippen LogP contribution >= 0.6 is 10.7 Å². The highest BCUT2D eigenvalue weighted by molar-refractivity contribution is 8.09. The second-order valence-corrected chi connectivity index (χ2v) is 2.86. The maximum absolute atomic E-state index is 10.8. The number of halogens is 3. The van der Waals surface area contributed by atoms with E-state index in [2.05, 4.69) is 14.9 Å². The van der Waals surface area contributed by atoms with Gasteiger partial charge in [-0.05, 0) is 0 Å². The van der Waals surface area contributed by atoms with Crippen LogP contribution in [-0.4, -0.2) is 15.0 Å². The molecule has 0 aromatic rings. The van der Waals surface area contributed by atoms with E-state index in [-0.39, 0.29) is 0 Å². The van der Waals surface area contributed by atoms with Crippen molar-refractivity contribution < 1.29 is 21.4 Å². The summed E-state index contributed by atoms with van der Waals surface area (Å²) in [6, 6.07) is 0. The summed E-state index contributed by atoms with van der Waals surface area (Å²) in [6.45, 7) is -3.38. The van der Waals surface area contributed by atoms with Crippen LogP contribution in [-0.2, 0) is 13.5 Å². The average Bonchev–Trinajstić information content (AvgIpc) is 1.21. The second-order valence-electron chi connectivity index (χ2n) is 0.750. The molecule has 7 heteroatoms. The normalized spacial score (nSPS) is 12.5. The Hall–Kier alpha value is 0.0600. The molecule has 8 heavy (non-hydrogen) atoms. The van der Waals surface area contributed by atoms with Gasteiger partial charge in [-0.25, -0.2) is 0 Å². The number of hydrogen-bond acceptors (Lipinski definition) is 3. The summed E-state index contributed by atoms with van der Waals surface area (Å²) in [5.74, 6) is 0. The van der Waals surface area contributed by atoms with Gasteiger partial charge in [0.05, 0.1) is 0 Å². The maximum Gasteiger partial charge on any atom is 0.360 e. The second kappa shape index (κ2) is 2.56. The molecule has 0 bridgehead atoms. The quantitative estimate of drug-likeness (QED) is 0.568. The molecular weight excluding hydrogens is 166 g/mol. The van der Waals surface area contributed by atoms with Crippen LogP contribution in [0.5, 0.6) is 0 Å². The van der Waals surface area contributed by atoms with Gasteiger partial charge in [0.2, 0.25) is 0 Å². The number of alkyl halides is 2. The van der Waals surface area contributed by atoms with E-state index in [0.29, 0.717) is 0 Å². The van der Waals surface area contributed by atoms with Crippen LogP contribution in [0.2, 0.25) is 0 Å². The first kappa shape index (κ1) is 8.06. The largest absolute Gasteiger partial charge is 0.360 e. The lowest BCUT2D eigenvalue weighted by atomic mass is 11.5. The lowest BCUT2D eigenvalue weighted by Crippen LogP contribution is -2.02. The third-order valence-corrected chi connectivity index (χ3v) is 0.781. The standard InChI is InChI=1S/CHClF2O3S/c2-8(5,6)7-1(3)4/h1H. The molecule has 0 amide bonds. The van der Waals surface area contributed by atoms with E-state index in [1.165, 1.54) is 0 Å². The first-order valence-corrected chi connectivity index (χ1v) is 3.56. The van der Waals surface area contributed by atoms with Gasteiger partial charge in [0, 0.05) is 10.7 Å². The highest BCUT2D eigenvalue weighted by atomic mass is 35.7. The Morgan fingerprint density at radius 1 is 1.50 bits per heavy atom. The number of hydrogen-bond donors (Lipinski definition) is 0. The zero-order valence-electron chi connectivity index (χ0n) is 3.34. The Labute approximate surface area is 48.8 Å². The molecule has 0 aliphatic carbocycles. The average molecular weight is 167 g/mol. The topological polar surface area (TPSA) is 43.4 Å². The fourth-order valence-electron chi connectivity index (χ4n) is 0.0869. The Kier molecular flexibility index (Phi) is 2.58. The zero-order chi connectivity index (χ0) is 6.78. The lowest BCUT2D eigenvalue weighted by molar-refractivity contribution is -0.0422. The minimum absolute atomic E-state index is 2.84. The molecule has 0 atom stereocenters. The smallest absolute Gasteiger partial charge is 0.191 e. The molecule has 0 aromatic heterocycles. The van der Waals surface area contributed by atoms with E-state index in [0.717, 1.165) is 0 Å². The molecule has 0 fully saturated rings. The molecule has 0 aromatic carbocycles. The van der Waals surface area contributed by atoms with E-state index in [4.69, 9.17) is 0 Å². The van der Waals surface area contributed by atoms with Gasteiger partial charge in [-0.3, -0.25) is 0 Å². The van der Waals surface area contributed by atoms with Crippen molar-refractivity contribution in [3.05, 3.63) is 0 Å². The van der Waals surface area contributed by atoms with Gasteiger partial charge in [0.25, 0.3) is 0 Å². The monoisotopic (exact) mass is 166 g/mol. The summed E-state index contributed by atoms with van der Waals surface area (Å²) >= 11 is 0. The van der Waals surface area contributed by atoms with Crippen LogP contribution in [0.1, 0.15) is 0 Å². The fraction of sp³-hybridized carbons (Fsp3) is 1.00. The summed E-state index contributed by atoms with van der Waals surface area (Å²) in [6.07, 6.45) is 0. The van der Waals surface area contributed by atoms with Crippen LogP contribution in [0.25, 0.3) is 0 Å². The molecule has 0 heterocycles. The molecule has 0 saturated heterocycles. The summed E-state index contributed by atoms with van der Waals surface area (Å²) in [4.78, 5) is 0. The predicted molar refractivity (Wildman–Crippen MR) is 21.9 cm³/mol. The van der Waals surface area contributed by atoms with Gasteiger partial charge >= 0.3 is 15.9 Å². The van der Waals surface area contributed by atoms with Gasteiger partial charge in [0.15, 0.2) is 0 Å². The van der Waals surface area contributed by atoms with Gasteiger partial charge in [-0.2, -0.15) is 21.4 Å². The molecule has 50 valence electrons. The molecule has 0 aliphatic rings. The van der Waals surface area contributed by atoms with Gasteiger partial charge in [-0.15, -0.1) is 0 Å². The minimum atomic E-state index is -4.50. The Morgan fingerprint density at radius 2 is 1.88 bits per heavy atom. The van der Waals surface area contributed by atoms with Crippen molar-refractivity contribution in [1.82, 2.24) is 0 Å². The van der Waals surface area contributed by atoms with Crippen molar-refractivity contribution in [2.45, 2.75) is 6.61 Å². The van der Waals surface area contributed by atoms with Crippen LogP contribution in [0.15, 0.2) is 0 Å². The maximum atomic E-state index is 10.8. The number of rotatable bonds is 2. The highest BCUT2D eigenvalue weighted by Gasteiger charge is 2.12. The molecule has 0 radical (unpaired) electrons. The van der Waals surface area contributed by atoms with E-state index in [1.807, 2.05) is 0 Å². The van der Waals surface area contributed by atoms with Crippen molar-refractivity contribution >= 4 is 20.0 Å². The van der Waals surface area contributed by atoms with Crippen molar-refractivity contribution in [3.63, 3.8) is 0 Å². The summed E-state index contributed by atoms with van der Waals surface area (Å²) in [7, 11) is -0.303.